The van der Waals surface area contributed by atoms with Gasteiger partial charge in [-0.1, -0.05) is 34.6 Å². The molecule has 7 nitrogen and oxygen atoms in total. The smallest absolute Gasteiger partial charge is 0.339 e. The summed E-state index contributed by atoms with van der Waals surface area (Å²) in [5.74, 6) is -0.319. The monoisotopic (exact) mass is 486 g/mol. The summed E-state index contributed by atoms with van der Waals surface area (Å²) in [6, 6.07) is 1.86. The molecule has 1 aromatic heterocycles. The number of aliphatic hydroxyl groups excluding tert-OH is 1. The summed E-state index contributed by atoms with van der Waals surface area (Å²) in [6.07, 6.45) is 5.33. The van der Waals surface area contributed by atoms with Crippen LogP contribution in [-0.2, 0) is 23.8 Å². The minimum absolute atomic E-state index is 0.0762. The van der Waals surface area contributed by atoms with E-state index < -0.39 is 40.8 Å². The normalized spacial score (nSPS) is 51.7. The second-order valence-electron chi connectivity index (χ2n) is 13.2. The molecule has 0 radical (unpaired) electrons. The molecule has 0 amide bonds. The van der Waals surface area contributed by atoms with E-state index in [4.69, 9.17) is 18.6 Å². The summed E-state index contributed by atoms with van der Waals surface area (Å²) in [4.78, 5) is 25.7. The van der Waals surface area contributed by atoms with Gasteiger partial charge in [0.1, 0.15) is 17.8 Å². The Kier molecular flexibility index (Phi) is 4.65. The summed E-state index contributed by atoms with van der Waals surface area (Å²) in [7, 11) is 0. The average Bonchev–Trinajstić information content (AvgIpc) is 3.35. The highest BCUT2D eigenvalue weighted by molar-refractivity contribution is 5.82. The van der Waals surface area contributed by atoms with E-state index in [0.29, 0.717) is 6.42 Å². The van der Waals surface area contributed by atoms with Crippen LogP contribution < -0.4 is 0 Å². The maximum atomic E-state index is 13.3. The van der Waals surface area contributed by atoms with Crippen LogP contribution in [-0.4, -0.2) is 41.0 Å². The molecule has 4 unspecified atom stereocenters. The molecule has 192 valence electrons. The van der Waals surface area contributed by atoms with Gasteiger partial charge in [-0.05, 0) is 60.8 Å². The largest absolute Gasteiger partial charge is 0.472 e. The second kappa shape index (κ2) is 6.91. The number of esters is 2. The number of furan rings is 1. The van der Waals surface area contributed by atoms with E-state index in [2.05, 4.69) is 34.6 Å². The lowest BCUT2D eigenvalue weighted by Crippen LogP contribution is -2.73. The molecule has 10 atom stereocenters. The van der Waals surface area contributed by atoms with Crippen LogP contribution in [0.5, 0.6) is 0 Å². The second-order valence-corrected chi connectivity index (χ2v) is 13.2. The Morgan fingerprint density at radius 2 is 1.83 bits per heavy atom. The van der Waals surface area contributed by atoms with Crippen molar-refractivity contribution in [2.45, 2.75) is 104 Å². The maximum absolute atomic E-state index is 13.3. The van der Waals surface area contributed by atoms with E-state index in [1.165, 1.54) is 6.92 Å². The fraction of sp³-hybridized carbons (Fsp3) is 0.786. The zero-order valence-corrected chi connectivity index (χ0v) is 21.6. The van der Waals surface area contributed by atoms with Gasteiger partial charge in [-0.15, -0.1) is 0 Å². The van der Waals surface area contributed by atoms with Crippen molar-refractivity contribution in [2.75, 3.05) is 0 Å². The molecule has 0 bridgehead atoms. The molecule has 1 aromatic rings. The minimum Gasteiger partial charge on any atom is -0.472 e. The summed E-state index contributed by atoms with van der Waals surface area (Å²) < 4.78 is 24.1. The Labute approximate surface area is 206 Å². The number of carbonyl (C=O) groups excluding carboxylic acids is 2. The van der Waals surface area contributed by atoms with Crippen LogP contribution in [0.2, 0.25) is 0 Å². The van der Waals surface area contributed by atoms with Crippen molar-refractivity contribution in [1.82, 2.24) is 0 Å². The van der Waals surface area contributed by atoms with Gasteiger partial charge in [0.25, 0.3) is 0 Å². The summed E-state index contributed by atoms with van der Waals surface area (Å²) in [5.41, 5.74) is -1.42. The quantitative estimate of drug-likeness (QED) is 0.483. The van der Waals surface area contributed by atoms with E-state index in [1.807, 2.05) is 6.07 Å². The van der Waals surface area contributed by atoms with Crippen LogP contribution in [0.15, 0.2) is 23.0 Å². The van der Waals surface area contributed by atoms with Gasteiger partial charge in [0, 0.05) is 23.3 Å². The number of cyclic esters (lactones) is 1. The van der Waals surface area contributed by atoms with E-state index in [-0.39, 0.29) is 34.6 Å². The fourth-order valence-electron chi connectivity index (χ4n) is 9.88. The standard InChI is InChI=1S/C28H38O7/c1-15(29)33-20-13-18-24(2,3)19(30)8-10-25(18,4)17-7-11-26(5)21(16-9-12-32-14-16)34-23(31)22-28(26,35-22)27(17,20)6/h9,12,14,17-22,30H,7-8,10-11,13H2,1-6H3/t17?,18?,19-,20+,21-,22?,25+,26-,27-,28?/m0/s1. The molecule has 3 heterocycles. The van der Waals surface area contributed by atoms with Gasteiger partial charge in [-0.25, -0.2) is 4.79 Å². The Bertz CT molecular complexity index is 1060. The fourth-order valence-corrected chi connectivity index (χ4v) is 9.88. The molecule has 3 aliphatic carbocycles. The van der Waals surface area contributed by atoms with E-state index in [1.54, 1.807) is 12.5 Å². The van der Waals surface area contributed by atoms with Gasteiger partial charge in [0.2, 0.25) is 0 Å². The number of aliphatic hydroxyl groups is 1. The maximum Gasteiger partial charge on any atom is 0.339 e. The number of ether oxygens (including phenoxy) is 3. The van der Waals surface area contributed by atoms with E-state index >= 15 is 0 Å². The van der Waals surface area contributed by atoms with Crippen molar-refractivity contribution < 1.29 is 33.3 Å². The molecule has 3 saturated carbocycles. The topological polar surface area (TPSA) is 98.5 Å². The third kappa shape index (κ3) is 2.59. The van der Waals surface area contributed by atoms with Crippen LogP contribution in [0, 0.1) is 33.5 Å². The first-order chi connectivity index (χ1) is 16.3. The van der Waals surface area contributed by atoms with Crippen LogP contribution in [0.1, 0.15) is 85.3 Å². The van der Waals surface area contributed by atoms with E-state index in [9.17, 15) is 14.7 Å². The van der Waals surface area contributed by atoms with Crippen molar-refractivity contribution >= 4 is 11.9 Å². The minimum atomic E-state index is -0.797. The number of carbonyl (C=O) groups is 2. The van der Waals surface area contributed by atoms with Crippen molar-refractivity contribution in [3.05, 3.63) is 24.2 Å². The van der Waals surface area contributed by atoms with Gasteiger partial charge in [-0.2, -0.15) is 0 Å². The molecule has 1 spiro atoms. The molecule has 1 N–H and O–H groups in total. The first kappa shape index (κ1) is 23.5. The van der Waals surface area contributed by atoms with Gasteiger partial charge in [0.05, 0.1) is 18.6 Å². The van der Waals surface area contributed by atoms with Crippen molar-refractivity contribution in [1.29, 1.82) is 0 Å². The average molecular weight is 487 g/mol. The van der Waals surface area contributed by atoms with Crippen molar-refractivity contribution in [3.8, 4) is 0 Å². The molecule has 7 heteroatoms. The summed E-state index contributed by atoms with van der Waals surface area (Å²) in [5, 5.41) is 11.0. The summed E-state index contributed by atoms with van der Waals surface area (Å²) in [6.45, 7) is 12.5. The SMILES string of the molecule is CC(=O)O[C@@H]1CC2C(C)(C)[C@@H](O)CC[C@]2(C)C2CC[C@@]3(C)[C@H](c4ccoc4)OC(=O)C4OC43[C@@]21C. The van der Waals surface area contributed by atoms with Crippen molar-refractivity contribution in [3.63, 3.8) is 0 Å². The lowest BCUT2D eigenvalue weighted by atomic mass is 9.34. The molecule has 2 aliphatic heterocycles. The number of rotatable bonds is 2. The predicted molar refractivity (Wildman–Crippen MR) is 125 cm³/mol. The highest BCUT2D eigenvalue weighted by Crippen LogP contribution is 2.80. The molecule has 0 aromatic carbocycles. The Morgan fingerprint density at radius 3 is 2.49 bits per heavy atom. The van der Waals surface area contributed by atoms with Gasteiger partial charge >= 0.3 is 11.9 Å². The van der Waals surface area contributed by atoms with Gasteiger partial charge in [0.15, 0.2) is 6.10 Å². The van der Waals surface area contributed by atoms with E-state index in [0.717, 1.165) is 31.2 Å². The molecular formula is C28H38O7. The Morgan fingerprint density at radius 1 is 1.09 bits per heavy atom. The Balaban J connectivity index is 1.53. The Hall–Kier alpha value is -1.86. The molecule has 5 aliphatic rings. The van der Waals surface area contributed by atoms with Crippen LogP contribution in [0.3, 0.4) is 0 Å². The van der Waals surface area contributed by atoms with Crippen LogP contribution >= 0.6 is 0 Å². The number of epoxide rings is 1. The summed E-state index contributed by atoms with van der Waals surface area (Å²) >= 11 is 0. The van der Waals surface area contributed by atoms with Crippen LogP contribution in [0.4, 0.5) is 0 Å². The molecule has 2 saturated heterocycles. The number of hydrogen-bond acceptors (Lipinski definition) is 7. The molecular weight excluding hydrogens is 448 g/mol. The third-order valence-corrected chi connectivity index (χ3v) is 11.5. The molecule has 35 heavy (non-hydrogen) atoms. The van der Waals surface area contributed by atoms with Crippen molar-refractivity contribution in [2.24, 2.45) is 33.5 Å². The number of hydrogen-bond donors (Lipinski definition) is 1. The van der Waals surface area contributed by atoms with Gasteiger partial charge < -0.3 is 23.7 Å². The molecule has 6 rings (SSSR count). The van der Waals surface area contributed by atoms with Gasteiger partial charge in [-0.3, -0.25) is 4.79 Å². The lowest BCUT2D eigenvalue weighted by Gasteiger charge is -2.70. The first-order valence-electron chi connectivity index (χ1n) is 13.1. The zero-order valence-electron chi connectivity index (χ0n) is 21.6. The third-order valence-electron chi connectivity index (χ3n) is 11.5. The molecule has 5 fully saturated rings. The first-order valence-corrected chi connectivity index (χ1v) is 13.1. The predicted octanol–water partition coefficient (Wildman–Crippen LogP) is 4.58. The zero-order chi connectivity index (χ0) is 25.2. The highest BCUT2D eigenvalue weighted by Gasteiger charge is 2.88. The lowest BCUT2D eigenvalue weighted by molar-refractivity contribution is -0.275. The highest BCUT2D eigenvalue weighted by atomic mass is 16.7. The van der Waals surface area contributed by atoms with Crippen LogP contribution in [0.25, 0.3) is 0 Å². The number of fused-ring (bicyclic) bond motifs is 3.